The van der Waals surface area contributed by atoms with E-state index in [-0.39, 0.29) is 5.91 Å². The lowest BCUT2D eigenvalue weighted by atomic mass is 10.1. The van der Waals surface area contributed by atoms with Crippen molar-refractivity contribution in [2.24, 2.45) is 0 Å². The van der Waals surface area contributed by atoms with E-state index in [1.807, 2.05) is 18.2 Å². The van der Waals surface area contributed by atoms with Crippen LogP contribution in [-0.2, 0) is 13.1 Å². The highest BCUT2D eigenvalue weighted by Gasteiger charge is 2.14. The highest BCUT2D eigenvalue weighted by Crippen LogP contribution is 2.23. The van der Waals surface area contributed by atoms with Crippen LogP contribution in [0.4, 0.5) is 5.69 Å². The van der Waals surface area contributed by atoms with Gasteiger partial charge >= 0.3 is 0 Å². The minimum absolute atomic E-state index is 0.157. The molecule has 0 spiro atoms. The number of fused-ring (bicyclic) bond motifs is 1. The van der Waals surface area contributed by atoms with Gasteiger partial charge in [-0.2, -0.15) is 0 Å². The summed E-state index contributed by atoms with van der Waals surface area (Å²) in [5, 5.41) is 6.43. The molecular weight excluding hydrogens is 342 g/mol. The first-order valence-corrected chi connectivity index (χ1v) is 7.25. The van der Waals surface area contributed by atoms with E-state index in [0.717, 1.165) is 13.1 Å². The fourth-order valence-electron chi connectivity index (χ4n) is 2.13. The molecule has 1 aliphatic heterocycles. The maximum absolute atomic E-state index is 12.2. The lowest BCUT2D eigenvalue weighted by molar-refractivity contribution is 0.102. The van der Waals surface area contributed by atoms with Crippen LogP contribution < -0.4 is 10.6 Å². The molecule has 20 heavy (non-hydrogen) atoms. The van der Waals surface area contributed by atoms with Crippen LogP contribution in [0.5, 0.6) is 0 Å². The summed E-state index contributed by atoms with van der Waals surface area (Å²) in [5.41, 5.74) is 3.66. The molecule has 0 atom stereocenters. The van der Waals surface area contributed by atoms with Gasteiger partial charge in [0.2, 0.25) is 0 Å². The first kappa shape index (κ1) is 13.5. The average molecular weight is 353 g/mol. The van der Waals surface area contributed by atoms with Crippen LogP contribution >= 0.6 is 27.5 Å². The van der Waals surface area contributed by atoms with Gasteiger partial charge in [0, 0.05) is 18.7 Å². The van der Waals surface area contributed by atoms with E-state index < -0.39 is 0 Å². The highest BCUT2D eigenvalue weighted by molar-refractivity contribution is 9.10. The van der Waals surface area contributed by atoms with Crippen molar-refractivity contribution in [1.29, 1.82) is 0 Å². The number of benzene rings is 1. The van der Waals surface area contributed by atoms with Crippen molar-refractivity contribution >= 4 is 39.1 Å². The number of anilines is 1. The Hall–Kier alpha value is -1.43. The number of carbonyl (C=O) groups excluding carboxylic acids is 1. The summed E-state index contributed by atoms with van der Waals surface area (Å²) in [6.45, 7) is 1.68. The molecule has 0 aliphatic carbocycles. The molecule has 0 saturated carbocycles. The van der Waals surface area contributed by atoms with Crippen LogP contribution in [0.2, 0.25) is 5.15 Å². The first-order chi connectivity index (χ1) is 9.63. The van der Waals surface area contributed by atoms with E-state index in [0.29, 0.717) is 20.9 Å². The molecule has 4 nitrogen and oxygen atoms in total. The summed E-state index contributed by atoms with van der Waals surface area (Å²) in [5.74, 6) is -0.157. The Morgan fingerprint density at radius 1 is 1.30 bits per heavy atom. The van der Waals surface area contributed by atoms with Gasteiger partial charge in [-0.15, -0.1) is 0 Å². The molecule has 2 heterocycles. The van der Waals surface area contributed by atoms with E-state index in [4.69, 9.17) is 11.6 Å². The van der Waals surface area contributed by atoms with Crippen LogP contribution in [0, 0.1) is 0 Å². The molecule has 0 bridgehead atoms. The molecule has 0 radical (unpaired) electrons. The van der Waals surface area contributed by atoms with E-state index in [1.165, 1.54) is 17.3 Å². The molecule has 0 fully saturated rings. The zero-order chi connectivity index (χ0) is 14.1. The Bertz CT molecular complexity index is 690. The fraction of sp³-hybridized carbons (Fsp3) is 0.143. The lowest BCUT2D eigenvalue weighted by Gasteiger charge is -2.07. The van der Waals surface area contributed by atoms with Crippen LogP contribution in [0.25, 0.3) is 0 Å². The van der Waals surface area contributed by atoms with Gasteiger partial charge < -0.3 is 10.6 Å². The van der Waals surface area contributed by atoms with E-state index >= 15 is 0 Å². The third-order valence-corrected chi connectivity index (χ3v) is 4.29. The summed E-state index contributed by atoms with van der Waals surface area (Å²) in [6.07, 6.45) is 1.53. The van der Waals surface area contributed by atoms with Gasteiger partial charge in [-0.3, -0.25) is 4.79 Å². The zero-order valence-electron chi connectivity index (χ0n) is 10.4. The van der Waals surface area contributed by atoms with Gasteiger partial charge in [-0.25, -0.2) is 4.98 Å². The Kier molecular flexibility index (Phi) is 3.74. The second-order valence-corrected chi connectivity index (χ2v) is 5.75. The molecule has 102 valence electrons. The van der Waals surface area contributed by atoms with Gasteiger partial charge in [0.05, 0.1) is 16.4 Å². The summed E-state index contributed by atoms with van der Waals surface area (Å²) in [4.78, 5) is 16.2. The van der Waals surface area contributed by atoms with E-state index in [2.05, 4.69) is 31.5 Å². The second-order valence-electron chi connectivity index (χ2n) is 4.54. The molecule has 3 rings (SSSR count). The minimum Gasteiger partial charge on any atom is -0.321 e. The molecular formula is C14H11BrClN3O. The largest absolute Gasteiger partial charge is 0.321 e. The summed E-state index contributed by atoms with van der Waals surface area (Å²) < 4.78 is 0.648. The van der Waals surface area contributed by atoms with E-state index in [9.17, 15) is 4.79 Å². The van der Waals surface area contributed by atoms with Crippen molar-refractivity contribution < 1.29 is 4.79 Å². The van der Waals surface area contributed by atoms with Crippen LogP contribution in [0.3, 0.4) is 0 Å². The fourth-order valence-corrected chi connectivity index (χ4v) is 2.58. The van der Waals surface area contributed by atoms with Gasteiger partial charge in [0.25, 0.3) is 5.91 Å². The minimum atomic E-state index is -0.157. The number of hydrogen-bond acceptors (Lipinski definition) is 3. The summed E-state index contributed by atoms with van der Waals surface area (Å²) >= 11 is 9.10. The smallest absolute Gasteiger partial charge is 0.255 e. The first-order valence-electron chi connectivity index (χ1n) is 6.08. The molecule has 0 unspecified atom stereocenters. The molecule has 6 heteroatoms. The van der Waals surface area contributed by atoms with Gasteiger partial charge in [0.15, 0.2) is 0 Å². The summed E-state index contributed by atoms with van der Waals surface area (Å²) in [6, 6.07) is 7.46. The standard InChI is InChI=1S/C14H11BrClN3O/c15-12-4-11(7-18-13(12)16)19-14(20)8-1-2-9-5-17-6-10(9)3-8/h1-4,7,17H,5-6H2,(H,19,20). The van der Waals surface area contributed by atoms with Gasteiger partial charge in [-0.1, -0.05) is 17.7 Å². The molecule has 1 amide bonds. The monoisotopic (exact) mass is 351 g/mol. The SMILES string of the molecule is O=C(Nc1cnc(Cl)c(Br)c1)c1ccc2c(c1)CNC2. The second kappa shape index (κ2) is 5.52. The maximum atomic E-state index is 12.2. The average Bonchev–Trinajstić information content (AvgIpc) is 2.90. The predicted molar refractivity (Wildman–Crippen MR) is 81.9 cm³/mol. The van der Waals surface area contributed by atoms with Gasteiger partial charge in [0.1, 0.15) is 5.15 Å². The number of pyridine rings is 1. The maximum Gasteiger partial charge on any atom is 0.255 e. The normalized spacial score (nSPS) is 13.1. The Labute approximate surface area is 129 Å². The van der Waals surface area contributed by atoms with E-state index in [1.54, 1.807) is 6.07 Å². The number of amides is 1. The number of nitrogens with zero attached hydrogens (tertiary/aromatic N) is 1. The highest BCUT2D eigenvalue weighted by atomic mass is 79.9. The molecule has 1 aromatic carbocycles. The Morgan fingerprint density at radius 2 is 2.10 bits per heavy atom. The third kappa shape index (κ3) is 2.70. The van der Waals surface area contributed by atoms with Crippen LogP contribution in [0.15, 0.2) is 34.9 Å². The van der Waals surface area contributed by atoms with Crippen LogP contribution in [-0.4, -0.2) is 10.9 Å². The third-order valence-electron chi connectivity index (χ3n) is 3.15. The Balaban J connectivity index is 1.80. The van der Waals surface area contributed by atoms with Crippen molar-refractivity contribution in [1.82, 2.24) is 10.3 Å². The predicted octanol–water partition coefficient (Wildman–Crippen LogP) is 3.35. The number of nitrogens with one attached hydrogen (secondary N) is 2. The van der Waals surface area contributed by atoms with Crippen molar-refractivity contribution in [3.8, 4) is 0 Å². The quantitative estimate of drug-likeness (QED) is 0.815. The zero-order valence-corrected chi connectivity index (χ0v) is 12.8. The molecule has 2 N–H and O–H groups in total. The van der Waals surface area contributed by atoms with Crippen molar-refractivity contribution in [2.45, 2.75) is 13.1 Å². The van der Waals surface area contributed by atoms with Crippen LogP contribution in [0.1, 0.15) is 21.5 Å². The number of halogens is 2. The number of aromatic nitrogens is 1. The lowest BCUT2D eigenvalue weighted by Crippen LogP contribution is -2.12. The number of carbonyl (C=O) groups is 1. The Morgan fingerprint density at radius 3 is 2.90 bits per heavy atom. The number of hydrogen-bond donors (Lipinski definition) is 2. The molecule has 1 aromatic heterocycles. The topological polar surface area (TPSA) is 54.0 Å². The van der Waals surface area contributed by atoms with Gasteiger partial charge in [-0.05, 0) is 45.3 Å². The van der Waals surface area contributed by atoms with Crippen molar-refractivity contribution in [2.75, 3.05) is 5.32 Å². The molecule has 2 aromatic rings. The van der Waals surface area contributed by atoms with Crippen molar-refractivity contribution in [3.05, 3.63) is 56.8 Å². The van der Waals surface area contributed by atoms with Crippen molar-refractivity contribution in [3.63, 3.8) is 0 Å². The summed E-state index contributed by atoms with van der Waals surface area (Å²) in [7, 11) is 0. The molecule has 1 aliphatic rings. The number of rotatable bonds is 2. The molecule has 0 saturated heterocycles.